The fourth-order valence-corrected chi connectivity index (χ4v) is 3.66. The maximum Gasteiger partial charge on any atom is 0.126 e. The van der Waals surface area contributed by atoms with Crippen LogP contribution in [-0.4, -0.2) is 23.3 Å². The van der Waals surface area contributed by atoms with E-state index in [1.807, 2.05) is 12.1 Å². The van der Waals surface area contributed by atoms with E-state index < -0.39 is 5.60 Å². The van der Waals surface area contributed by atoms with Crippen LogP contribution in [0.1, 0.15) is 56.9 Å². The van der Waals surface area contributed by atoms with Gasteiger partial charge in [-0.3, -0.25) is 0 Å². The summed E-state index contributed by atoms with van der Waals surface area (Å²) in [6, 6.07) is 7.52. The van der Waals surface area contributed by atoms with Crippen LogP contribution in [0.2, 0.25) is 0 Å². The predicted molar refractivity (Wildman–Crippen MR) is 82.7 cm³/mol. The Labute approximate surface area is 126 Å². The molecule has 2 saturated carbocycles. The summed E-state index contributed by atoms with van der Waals surface area (Å²) in [7, 11) is 0. The molecule has 0 radical (unpaired) electrons. The largest absolute Gasteiger partial charge is 0.389 e. The first-order valence-electron chi connectivity index (χ1n) is 8.26. The third kappa shape index (κ3) is 3.46. The smallest absolute Gasteiger partial charge is 0.126 e. The molecule has 3 heteroatoms. The van der Waals surface area contributed by atoms with Gasteiger partial charge in [-0.2, -0.15) is 0 Å². The maximum atomic E-state index is 13.7. The molecule has 1 aromatic carbocycles. The van der Waals surface area contributed by atoms with E-state index in [9.17, 15) is 9.50 Å². The van der Waals surface area contributed by atoms with Gasteiger partial charge in [0, 0.05) is 12.6 Å². The van der Waals surface area contributed by atoms with Crippen LogP contribution < -0.4 is 5.32 Å². The fourth-order valence-electron chi connectivity index (χ4n) is 3.66. The molecule has 2 N–H and O–H groups in total. The molecule has 2 nitrogen and oxygen atoms in total. The van der Waals surface area contributed by atoms with Gasteiger partial charge in [-0.25, -0.2) is 4.39 Å². The van der Waals surface area contributed by atoms with Crippen molar-refractivity contribution in [3.63, 3.8) is 0 Å². The van der Waals surface area contributed by atoms with Crippen LogP contribution in [0.4, 0.5) is 4.39 Å². The molecular formula is C18H26FNO. The van der Waals surface area contributed by atoms with Gasteiger partial charge >= 0.3 is 0 Å². The van der Waals surface area contributed by atoms with Crippen LogP contribution >= 0.6 is 0 Å². The van der Waals surface area contributed by atoms with E-state index in [1.165, 1.54) is 0 Å². The molecule has 2 aliphatic rings. The lowest BCUT2D eigenvalue weighted by molar-refractivity contribution is -0.0108. The Hall–Kier alpha value is -0.930. The van der Waals surface area contributed by atoms with E-state index in [-0.39, 0.29) is 5.82 Å². The van der Waals surface area contributed by atoms with E-state index in [1.54, 1.807) is 12.1 Å². The molecule has 2 aliphatic carbocycles. The standard InChI is InChI=1S/C18H26FNO/c1-13-6-8-18(21,9-7-13)12-20-15-10-14(11-15)16-4-2-3-5-17(16)19/h2-5,13-15,20-21H,6-12H2,1H3. The summed E-state index contributed by atoms with van der Waals surface area (Å²) in [4.78, 5) is 0. The summed E-state index contributed by atoms with van der Waals surface area (Å²) in [5.74, 6) is 1.00. The minimum atomic E-state index is -0.518. The van der Waals surface area contributed by atoms with Crippen molar-refractivity contribution in [1.82, 2.24) is 5.32 Å². The van der Waals surface area contributed by atoms with E-state index in [2.05, 4.69) is 12.2 Å². The molecule has 0 bridgehead atoms. The fraction of sp³-hybridized carbons (Fsp3) is 0.667. The van der Waals surface area contributed by atoms with Crippen LogP contribution in [0.25, 0.3) is 0 Å². The Kier molecular flexibility index (Phi) is 4.32. The summed E-state index contributed by atoms with van der Waals surface area (Å²) < 4.78 is 13.7. The van der Waals surface area contributed by atoms with Crippen LogP contribution in [0.5, 0.6) is 0 Å². The maximum absolute atomic E-state index is 13.7. The van der Waals surface area contributed by atoms with E-state index in [0.29, 0.717) is 18.5 Å². The van der Waals surface area contributed by atoms with Gasteiger partial charge in [0.15, 0.2) is 0 Å². The highest BCUT2D eigenvalue weighted by molar-refractivity contribution is 5.24. The monoisotopic (exact) mass is 291 g/mol. The molecule has 116 valence electrons. The number of nitrogens with one attached hydrogen (secondary N) is 1. The van der Waals surface area contributed by atoms with Gasteiger partial charge < -0.3 is 10.4 Å². The normalized spacial score (nSPS) is 36.2. The van der Waals surface area contributed by atoms with Crippen molar-refractivity contribution in [3.8, 4) is 0 Å². The topological polar surface area (TPSA) is 32.3 Å². The Balaban J connectivity index is 1.44. The summed E-state index contributed by atoms with van der Waals surface area (Å²) in [5, 5.41) is 14.1. The molecule has 0 saturated heterocycles. The molecule has 0 heterocycles. The summed E-state index contributed by atoms with van der Waals surface area (Å²) >= 11 is 0. The number of aliphatic hydroxyl groups is 1. The summed E-state index contributed by atoms with van der Waals surface area (Å²) in [6.07, 6.45) is 6.03. The molecular weight excluding hydrogens is 265 g/mol. The van der Waals surface area contributed by atoms with Gasteiger partial charge in [-0.15, -0.1) is 0 Å². The zero-order chi connectivity index (χ0) is 14.9. The van der Waals surface area contributed by atoms with Crippen molar-refractivity contribution in [2.24, 2.45) is 5.92 Å². The van der Waals surface area contributed by atoms with Crippen molar-refractivity contribution < 1.29 is 9.50 Å². The van der Waals surface area contributed by atoms with E-state index >= 15 is 0 Å². The van der Waals surface area contributed by atoms with Crippen molar-refractivity contribution >= 4 is 0 Å². The van der Waals surface area contributed by atoms with Gasteiger partial charge in [0.25, 0.3) is 0 Å². The number of halogens is 1. The highest BCUT2D eigenvalue weighted by Gasteiger charge is 2.36. The third-order valence-corrected chi connectivity index (χ3v) is 5.41. The van der Waals surface area contributed by atoms with Gasteiger partial charge in [-0.1, -0.05) is 25.1 Å². The number of hydrogen-bond acceptors (Lipinski definition) is 2. The molecule has 2 fully saturated rings. The Bertz CT molecular complexity index is 476. The van der Waals surface area contributed by atoms with Gasteiger partial charge in [0.2, 0.25) is 0 Å². The Morgan fingerprint density at radius 2 is 1.90 bits per heavy atom. The van der Waals surface area contributed by atoms with Gasteiger partial charge in [0.05, 0.1) is 5.60 Å². The molecule has 0 aromatic heterocycles. The molecule has 0 amide bonds. The van der Waals surface area contributed by atoms with Crippen LogP contribution in [0.3, 0.4) is 0 Å². The average molecular weight is 291 g/mol. The van der Waals surface area contributed by atoms with Crippen LogP contribution in [0, 0.1) is 11.7 Å². The Morgan fingerprint density at radius 3 is 2.57 bits per heavy atom. The third-order valence-electron chi connectivity index (χ3n) is 5.41. The summed E-state index contributed by atoms with van der Waals surface area (Å²) in [6.45, 7) is 2.95. The first-order valence-corrected chi connectivity index (χ1v) is 8.26. The first-order chi connectivity index (χ1) is 10.1. The molecule has 0 atom stereocenters. The lowest BCUT2D eigenvalue weighted by Gasteiger charge is -2.41. The zero-order valence-electron chi connectivity index (χ0n) is 12.8. The lowest BCUT2D eigenvalue weighted by atomic mass is 9.74. The molecule has 1 aromatic rings. The van der Waals surface area contributed by atoms with E-state index in [4.69, 9.17) is 0 Å². The highest BCUT2D eigenvalue weighted by Crippen LogP contribution is 2.38. The highest BCUT2D eigenvalue weighted by atomic mass is 19.1. The number of benzene rings is 1. The van der Waals surface area contributed by atoms with Crippen molar-refractivity contribution in [2.45, 2.75) is 63.0 Å². The second-order valence-corrected chi connectivity index (χ2v) is 7.17. The number of rotatable bonds is 4. The molecule has 3 rings (SSSR count). The molecule has 0 spiro atoms. The molecule has 21 heavy (non-hydrogen) atoms. The minimum absolute atomic E-state index is 0.0825. The molecule has 0 aliphatic heterocycles. The van der Waals surface area contributed by atoms with Crippen LogP contribution in [-0.2, 0) is 0 Å². The predicted octanol–water partition coefficient (Wildman–Crippen LogP) is 3.60. The van der Waals surface area contributed by atoms with Crippen molar-refractivity contribution in [1.29, 1.82) is 0 Å². The van der Waals surface area contributed by atoms with Gasteiger partial charge in [0.1, 0.15) is 5.82 Å². The molecule has 0 unspecified atom stereocenters. The first kappa shape index (κ1) is 15.0. The lowest BCUT2D eigenvalue weighted by Crippen LogP contribution is -2.49. The van der Waals surface area contributed by atoms with Gasteiger partial charge in [-0.05, 0) is 62.0 Å². The average Bonchev–Trinajstić information content (AvgIpc) is 2.43. The second kappa shape index (κ2) is 6.05. The number of hydrogen-bond donors (Lipinski definition) is 2. The minimum Gasteiger partial charge on any atom is -0.389 e. The SMILES string of the molecule is CC1CCC(O)(CNC2CC(c3ccccc3F)C2)CC1. The Morgan fingerprint density at radius 1 is 1.24 bits per heavy atom. The second-order valence-electron chi connectivity index (χ2n) is 7.17. The zero-order valence-corrected chi connectivity index (χ0v) is 12.8. The van der Waals surface area contributed by atoms with Crippen molar-refractivity contribution in [2.75, 3.05) is 6.54 Å². The van der Waals surface area contributed by atoms with Crippen LogP contribution in [0.15, 0.2) is 24.3 Å². The summed E-state index contributed by atoms with van der Waals surface area (Å²) in [5.41, 5.74) is 0.330. The van der Waals surface area contributed by atoms with Crippen molar-refractivity contribution in [3.05, 3.63) is 35.6 Å². The van der Waals surface area contributed by atoms with E-state index in [0.717, 1.165) is 50.0 Å². The quantitative estimate of drug-likeness (QED) is 0.888.